The third-order valence-corrected chi connectivity index (χ3v) is 9.59. The summed E-state index contributed by atoms with van der Waals surface area (Å²) in [5.41, 5.74) is -0.819. The van der Waals surface area contributed by atoms with Crippen LogP contribution in [0.25, 0.3) is 5.69 Å². The number of para-hydroxylation sites is 1. The van der Waals surface area contributed by atoms with Crippen LogP contribution in [0.5, 0.6) is 0 Å². The maximum absolute atomic E-state index is 14.0. The summed E-state index contributed by atoms with van der Waals surface area (Å²) in [5.74, 6) is -2.07. The lowest BCUT2D eigenvalue weighted by atomic mass is 10.2. The lowest BCUT2D eigenvalue weighted by molar-refractivity contribution is -0.137. The van der Waals surface area contributed by atoms with Gasteiger partial charge in [0, 0.05) is 18.7 Å². The minimum Gasteiger partial charge on any atom is -0.379 e. The number of alkyl halides is 3. The molecule has 17 heteroatoms. The molecule has 0 aliphatic carbocycles. The van der Waals surface area contributed by atoms with E-state index in [9.17, 15) is 35.6 Å². The Balaban J connectivity index is 1.33. The third-order valence-electron chi connectivity index (χ3n) is 6.74. The van der Waals surface area contributed by atoms with Gasteiger partial charge in [0.1, 0.15) is 5.82 Å². The number of halogens is 4. The van der Waals surface area contributed by atoms with Crippen molar-refractivity contribution >= 4 is 39.3 Å². The van der Waals surface area contributed by atoms with Gasteiger partial charge in [-0.05, 0) is 54.6 Å². The molecule has 0 atom stereocenters. The largest absolute Gasteiger partial charge is 0.416 e. The Bertz CT molecular complexity index is 1830. The Morgan fingerprint density at radius 1 is 0.957 bits per heavy atom. The zero-order valence-corrected chi connectivity index (χ0v) is 25.5. The zero-order chi connectivity index (χ0) is 32.9. The number of carbonyl (C=O) groups excluding carboxylic acids is 2. The molecule has 2 heterocycles. The van der Waals surface area contributed by atoms with Gasteiger partial charge in [-0.3, -0.25) is 14.2 Å². The average molecular weight is 679 g/mol. The predicted octanol–water partition coefficient (Wildman–Crippen LogP) is 4.11. The van der Waals surface area contributed by atoms with Crippen LogP contribution in [-0.2, 0) is 32.3 Å². The number of carbonyl (C=O) groups is 2. The number of nitrogens with one attached hydrogen (secondary N) is 2. The van der Waals surface area contributed by atoms with Crippen molar-refractivity contribution < 1.29 is 40.3 Å². The Hall–Kier alpha value is -4.32. The van der Waals surface area contributed by atoms with E-state index in [4.69, 9.17) is 4.74 Å². The molecule has 0 bridgehead atoms. The van der Waals surface area contributed by atoms with Crippen molar-refractivity contribution in [3.63, 3.8) is 0 Å². The summed E-state index contributed by atoms with van der Waals surface area (Å²) < 4.78 is 88.0. The second-order valence-electron chi connectivity index (χ2n) is 9.82. The van der Waals surface area contributed by atoms with Crippen molar-refractivity contribution in [1.29, 1.82) is 0 Å². The number of nitrogens with zero attached hydrogens (tertiary/aromatic N) is 4. The predicted molar refractivity (Wildman–Crippen MR) is 159 cm³/mol. The highest BCUT2D eigenvalue weighted by molar-refractivity contribution is 7.99. The van der Waals surface area contributed by atoms with Crippen LogP contribution in [0.15, 0.2) is 82.8 Å². The second kappa shape index (κ2) is 14.0. The van der Waals surface area contributed by atoms with Gasteiger partial charge in [-0.1, -0.05) is 30.0 Å². The monoisotopic (exact) mass is 678 g/mol. The number of ether oxygens (including phenoxy) is 1. The fraction of sp³-hybridized carbons (Fsp3) is 0.241. The van der Waals surface area contributed by atoms with Gasteiger partial charge in [-0.15, -0.1) is 10.2 Å². The first-order valence-electron chi connectivity index (χ1n) is 13.7. The standard InChI is InChI=1S/C29H26F4N6O5S2/c30-23-6-1-2-7-24(23)35-26(40)18-45-28-37-36-25(39(28)21-5-3-4-20(16-21)29(31,32)33)17-34-27(41)19-8-10-22(11-9-19)46(42,43)38-12-14-44-15-13-38/h1-11,16H,12-15,17-18H2,(H,34,41)(H,35,40). The minimum absolute atomic E-state index is 0.0101. The molecule has 1 aliphatic rings. The summed E-state index contributed by atoms with van der Waals surface area (Å²) >= 11 is 0.848. The number of amides is 2. The van der Waals surface area contributed by atoms with Crippen molar-refractivity contribution in [3.8, 4) is 5.69 Å². The van der Waals surface area contributed by atoms with E-state index in [-0.39, 0.29) is 71.4 Å². The van der Waals surface area contributed by atoms with E-state index in [1.54, 1.807) is 6.07 Å². The molecule has 46 heavy (non-hydrogen) atoms. The molecule has 11 nitrogen and oxygen atoms in total. The number of benzene rings is 3. The smallest absolute Gasteiger partial charge is 0.379 e. The van der Waals surface area contributed by atoms with Gasteiger partial charge in [0.15, 0.2) is 11.0 Å². The van der Waals surface area contributed by atoms with Crippen LogP contribution in [0.2, 0.25) is 0 Å². The van der Waals surface area contributed by atoms with Crippen LogP contribution in [0.4, 0.5) is 23.2 Å². The van der Waals surface area contributed by atoms with E-state index in [0.717, 1.165) is 23.9 Å². The van der Waals surface area contributed by atoms with Crippen LogP contribution in [0, 0.1) is 5.82 Å². The zero-order valence-electron chi connectivity index (χ0n) is 23.8. The lowest BCUT2D eigenvalue weighted by Gasteiger charge is -2.26. The summed E-state index contributed by atoms with van der Waals surface area (Å²) in [6.45, 7) is 0.719. The van der Waals surface area contributed by atoms with Crippen LogP contribution in [0.3, 0.4) is 0 Å². The van der Waals surface area contributed by atoms with Crippen molar-refractivity contribution in [2.24, 2.45) is 0 Å². The minimum atomic E-state index is -4.65. The molecule has 1 aliphatic heterocycles. The van der Waals surface area contributed by atoms with E-state index in [2.05, 4.69) is 20.8 Å². The first-order valence-corrected chi connectivity index (χ1v) is 16.1. The molecule has 4 aromatic rings. The molecule has 5 rings (SSSR count). The van der Waals surface area contributed by atoms with Gasteiger partial charge in [-0.2, -0.15) is 17.5 Å². The van der Waals surface area contributed by atoms with E-state index >= 15 is 0 Å². The molecule has 3 aromatic carbocycles. The fourth-order valence-electron chi connectivity index (χ4n) is 4.44. The number of anilines is 1. The number of morpholine rings is 1. The van der Waals surface area contributed by atoms with Gasteiger partial charge in [-0.25, -0.2) is 12.8 Å². The molecule has 0 unspecified atom stereocenters. The number of sulfonamides is 1. The molecule has 0 radical (unpaired) electrons. The van der Waals surface area contributed by atoms with Crippen molar-refractivity contribution in [3.05, 3.63) is 95.6 Å². The Morgan fingerprint density at radius 2 is 1.67 bits per heavy atom. The SMILES string of the molecule is O=C(CSc1nnc(CNC(=O)c2ccc(S(=O)(=O)N3CCOCC3)cc2)n1-c1cccc(C(F)(F)F)c1)Nc1ccccc1F. The highest BCUT2D eigenvalue weighted by Gasteiger charge is 2.31. The molecule has 242 valence electrons. The second-order valence-corrected chi connectivity index (χ2v) is 12.7. The molecule has 1 fully saturated rings. The van der Waals surface area contributed by atoms with Crippen LogP contribution in [0.1, 0.15) is 21.7 Å². The van der Waals surface area contributed by atoms with Crippen LogP contribution < -0.4 is 10.6 Å². The number of aromatic nitrogens is 3. The number of hydrogen-bond acceptors (Lipinski definition) is 8. The van der Waals surface area contributed by atoms with Gasteiger partial charge >= 0.3 is 6.18 Å². The Labute approximate surface area is 265 Å². The molecular weight excluding hydrogens is 652 g/mol. The van der Waals surface area contributed by atoms with Crippen LogP contribution in [-0.4, -0.2) is 71.4 Å². The summed E-state index contributed by atoms with van der Waals surface area (Å²) in [6, 6.07) is 15.2. The maximum atomic E-state index is 14.0. The number of rotatable bonds is 10. The third kappa shape index (κ3) is 7.72. The van der Waals surface area contributed by atoms with Crippen molar-refractivity contribution in [2.75, 3.05) is 37.4 Å². The molecule has 0 spiro atoms. The lowest BCUT2D eigenvalue weighted by Crippen LogP contribution is -2.40. The number of hydrogen-bond donors (Lipinski definition) is 2. The van der Waals surface area contributed by atoms with Gasteiger partial charge in [0.25, 0.3) is 5.91 Å². The fourth-order valence-corrected chi connectivity index (χ4v) is 6.62. The Kier molecular flexibility index (Phi) is 10.0. The van der Waals surface area contributed by atoms with E-state index < -0.39 is 39.4 Å². The quantitative estimate of drug-likeness (QED) is 0.189. The summed E-state index contributed by atoms with van der Waals surface area (Å²) in [7, 11) is -3.77. The average Bonchev–Trinajstić information content (AvgIpc) is 3.46. The molecule has 1 saturated heterocycles. The van der Waals surface area contributed by atoms with Crippen molar-refractivity contribution in [2.45, 2.75) is 22.8 Å². The summed E-state index contributed by atoms with van der Waals surface area (Å²) in [5, 5.41) is 13.1. The highest BCUT2D eigenvalue weighted by atomic mass is 32.2. The molecular formula is C29H26F4N6O5S2. The van der Waals surface area contributed by atoms with E-state index in [1.807, 2.05) is 0 Å². The normalized spacial score (nSPS) is 14.2. The van der Waals surface area contributed by atoms with Crippen LogP contribution >= 0.6 is 11.8 Å². The summed E-state index contributed by atoms with van der Waals surface area (Å²) in [4.78, 5) is 25.5. The van der Waals surface area contributed by atoms with E-state index in [1.165, 1.54) is 63.5 Å². The highest BCUT2D eigenvalue weighted by Crippen LogP contribution is 2.32. The van der Waals surface area contributed by atoms with Gasteiger partial charge in [0.05, 0.1) is 47.3 Å². The first kappa shape index (κ1) is 33.1. The first-order chi connectivity index (χ1) is 21.9. The van der Waals surface area contributed by atoms with E-state index in [0.29, 0.717) is 0 Å². The number of thioether (sulfide) groups is 1. The van der Waals surface area contributed by atoms with Gasteiger partial charge in [0.2, 0.25) is 15.9 Å². The topological polar surface area (TPSA) is 136 Å². The summed E-state index contributed by atoms with van der Waals surface area (Å²) in [6.07, 6.45) is -4.65. The Morgan fingerprint density at radius 3 is 2.37 bits per heavy atom. The molecule has 2 N–H and O–H groups in total. The molecule has 1 aromatic heterocycles. The molecule has 2 amide bonds. The van der Waals surface area contributed by atoms with Gasteiger partial charge < -0.3 is 15.4 Å². The van der Waals surface area contributed by atoms with Crippen molar-refractivity contribution in [1.82, 2.24) is 24.4 Å². The maximum Gasteiger partial charge on any atom is 0.416 e. The molecule has 0 saturated carbocycles.